The quantitative estimate of drug-likeness (QED) is 0.852. The summed E-state index contributed by atoms with van der Waals surface area (Å²) < 4.78 is 32.4. The molecule has 1 aliphatic rings. The molecule has 0 amide bonds. The lowest BCUT2D eigenvalue weighted by Crippen LogP contribution is -2.34. The van der Waals surface area contributed by atoms with E-state index < -0.39 is 18.1 Å². The first-order valence-corrected chi connectivity index (χ1v) is 6.78. The van der Waals surface area contributed by atoms with Gasteiger partial charge in [0.05, 0.1) is 0 Å². The molecule has 2 aromatic carbocycles. The van der Waals surface area contributed by atoms with E-state index in [1.807, 2.05) is 30.3 Å². The minimum absolute atomic E-state index is 0.110. The summed E-state index contributed by atoms with van der Waals surface area (Å²) in [7, 11) is 0. The fraction of sp³-hybridized carbons (Fsp3) is 0.235. The number of carbonyl (C=O) groups excluding carboxylic acids is 1. The molecule has 108 valence electrons. The molecule has 21 heavy (non-hydrogen) atoms. The van der Waals surface area contributed by atoms with Gasteiger partial charge in [-0.05, 0) is 35.7 Å². The van der Waals surface area contributed by atoms with Crippen LogP contribution in [0.25, 0.3) is 0 Å². The largest absolute Gasteiger partial charge is 0.489 e. The van der Waals surface area contributed by atoms with Crippen molar-refractivity contribution in [2.45, 2.75) is 25.4 Å². The Morgan fingerprint density at radius 3 is 2.62 bits per heavy atom. The lowest BCUT2D eigenvalue weighted by molar-refractivity contribution is 0.00200. The molecule has 0 bridgehead atoms. The minimum atomic E-state index is -3.24. The SMILES string of the molecule is O=C1c2ccc(OCc3ccccc3)cc2CCC1(F)F. The predicted molar refractivity (Wildman–Crippen MR) is 74.8 cm³/mol. The van der Waals surface area contributed by atoms with Gasteiger partial charge in [0.2, 0.25) is 5.78 Å². The van der Waals surface area contributed by atoms with Gasteiger partial charge in [-0.25, -0.2) is 0 Å². The predicted octanol–water partition coefficient (Wildman–Crippen LogP) is 4.03. The van der Waals surface area contributed by atoms with Crippen LogP contribution in [0.4, 0.5) is 8.78 Å². The number of rotatable bonds is 3. The third kappa shape index (κ3) is 2.79. The standard InChI is InChI=1S/C17H14F2O2/c18-17(19)9-8-13-10-14(6-7-15(13)16(17)20)21-11-12-4-2-1-3-5-12/h1-7,10H,8-9,11H2. The number of hydrogen-bond acceptors (Lipinski definition) is 2. The number of Topliss-reactive ketones (excluding diaryl/α,β-unsaturated/α-hetero) is 1. The Hall–Kier alpha value is -2.23. The summed E-state index contributed by atoms with van der Waals surface area (Å²) in [6.07, 6.45) is -0.239. The molecule has 0 saturated heterocycles. The average Bonchev–Trinajstić information content (AvgIpc) is 2.50. The Labute approximate surface area is 121 Å². The molecule has 1 aliphatic carbocycles. The van der Waals surface area contributed by atoms with Gasteiger partial charge in [-0.15, -0.1) is 0 Å². The van der Waals surface area contributed by atoms with Gasteiger partial charge >= 0.3 is 5.92 Å². The van der Waals surface area contributed by atoms with E-state index in [9.17, 15) is 13.6 Å². The Morgan fingerprint density at radius 1 is 1.10 bits per heavy atom. The number of ketones is 1. The number of benzene rings is 2. The number of alkyl halides is 2. The molecule has 2 nitrogen and oxygen atoms in total. The van der Waals surface area contributed by atoms with Gasteiger partial charge in [0.15, 0.2) is 0 Å². The number of carbonyl (C=O) groups is 1. The summed E-state index contributed by atoms with van der Waals surface area (Å²) in [5.41, 5.74) is 1.77. The van der Waals surface area contributed by atoms with Gasteiger partial charge in [-0.1, -0.05) is 30.3 Å². The number of fused-ring (bicyclic) bond motifs is 1. The Kier molecular flexibility index (Phi) is 3.45. The molecular formula is C17H14F2O2. The second-order valence-electron chi connectivity index (χ2n) is 5.13. The van der Waals surface area contributed by atoms with Gasteiger partial charge in [0.25, 0.3) is 0 Å². The van der Waals surface area contributed by atoms with Crippen LogP contribution < -0.4 is 4.74 Å². The van der Waals surface area contributed by atoms with Crippen molar-refractivity contribution in [1.29, 1.82) is 0 Å². The van der Waals surface area contributed by atoms with E-state index in [4.69, 9.17) is 4.74 Å². The van der Waals surface area contributed by atoms with E-state index in [1.54, 1.807) is 12.1 Å². The monoisotopic (exact) mass is 288 g/mol. The van der Waals surface area contributed by atoms with E-state index in [2.05, 4.69) is 0 Å². The fourth-order valence-electron chi connectivity index (χ4n) is 2.43. The third-order valence-corrected chi connectivity index (χ3v) is 3.61. The van der Waals surface area contributed by atoms with Crippen molar-refractivity contribution >= 4 is 5.78 Å². The molecule has 0 unspecified atom stereocenters. The molecule has 0 aliphatic heterocycles. The van der Waals surface area contributed by atoms with E-state index in [1.165, 1.54) is 6.07 Å². The zero-order chi connectivity index (χ0) is 14.9. The molecule has 0 N–H and O–H groups in total. The number of aryl methyl sites for hydroxylation is 1. The van der Waals surface area contributed by atoms with Crippen LogP contribution in [0.15, 0.2) is 48.5 Å². The van der Waals surface area contributed by atoms with Crippen molar-refractivity contribution in [3.05, 3.63) is 65.2 Å². The van der Waals surface area contributed by atoms with Gasteiger partial charge in [0.1, 0.15) is 12.4 Å². The molecular weight excluding hydrogens is 274 g/mol. The fourth-order valence-corrected chi connectivity index (χ4v) is 2.43. The molecule has 0 heterocycles. The van der Waals surface area contributed by atoms with E-state index in [0.29, 0.717) is 17.9 Å². The van der Waals surface area contributed by atoms with Crippen LogP contribution in [0.5, 0.6) is 5.75 Å². The van der Waals surface area contributed by atoms with Crippen molar-refractivity contribution in [3.63, 3.8) is 0 Å². The van der Waals surface area contributed by atoms with E-state index in [0.717, 1.165) is 5.56 Å². The maximum Gasteiger partial charge on any atom is 0.310 e. The molecule has 4 heteroatoms. The zero-order valence-electron chi connectivity index (χ0n) is 11.3. The number of halogens is 2. The van der Waals surface area contributed by atoms with Crippen LogP contribution in [0.1, 0.15) is 27.9 Å². The maximum absolute atomic E-state index is 13.4. The minimum Gasteiger partial charge on any atom is -0.489 e. The summed E-state index contributed by atoms with van der Waals surface area (Å²) in [5, 5.41) is 0. The highest BCUT2D eigenvalue weighted by Gasteiger charge is 2.43. The van der Waals surface area contributed by atoms with Crippen molar-refractivity contribution < 1.29 is 18.3 Å². The van der Waals surface area contributed by atoms with Crippen LogP contribution in [0.2, 0.25) is 0 Å². The smallest absolute Gasteiger partial charge is 0.310 e. The highest BCUT2D eigenvalue weighted by atomic mass is 19.3. The van der Waals surface area contributed by atoms with Crippen molar-refractivity contribution in [2.24, 2.45) is 0 Å². The average molecular weight is 288 g/mol. The Balaban J connectivity index is 1.77. The maximum atomic E-state index is 13.4. The second kappa shape index (κ2) is 5.28. The second-order valence-corrected chi connectivity index (χ2v) is 5.13. The zero-order valence-corrected chi connectivity index (χ0v) is 11.3. The van der Waals surface area contributed by atoms with Gasteiger partial charge in [-0.2, -0.15) is 8.78 Å². The van der Waals surface area contributed by atoms with Crippen LogP contribution in [0.3, 0.4) is 0 Å². The molecule has 3 rings (SSSR count). The molecule has 0 radical (unpaired) electrons. The molecule has 2 aromatic rings. The van der Waals surface area contributed by atoms with Crippen molar-refractivity contribution in [3.8, 4) is 5.75 Å². The van der Waals surface area contributed by atoms with Crippen molar-refractivity contribution in [2.75, 3.05) is 0 Å². The van der Waals surface area contributed by atoms with Crippen LogP contribution in [-0.4, -0.2) is 11.7 Å². The first-order valence-electron chi connectivity index (χ1n) is 6.78. The summed E-state index contributed by atoms with van der Waals surface area (Å²) in [5.74, 6) is -3.73. The van der Waals surface area contributed by atoms with E-state index >= 15 is 0 Å². The number of ether oxygens (including phenoxy) is 1. The summed E-state index contributed by atoms with van der Waals surface area (Å²) in [6, 6.07) is 14.4. The summed E-state index contributed by atoms with van der Waals surface area (Å²) in [4.78, 5) is 11.6. The normalized spacial score (nSPS) is 16.4. The lowest BCUT2D eigenvalue weighted by Gasteiger charge is -2.23. The van der Waals surface area contributed by atoms with Crippen LogP contribution >= 0.6 is 0 Å². The highest BCUT2D eigenvalue weighted by molar-refractivity contribution is 6.03. The molecule has 0 spiro atoms. The molecule has 0 saturated carbocycles. The number of hydrogen-bond donors (Lipinski definition) is 0. The molecule has 0 fully saturated rings. The summed E-state index contributed by atoms with van der Waals surface area (Å²) in [6.45, 7) is 0.406. The first kappa shape index (κ1) is 13.7. The van der Waals surface area contributed by atoms with Crippen molar-refractivity contribution in [1.82, 2.24) is 0 Å². The third-order valence-electron chi connectivity index (χ3n) is 3.61. The Morgan fingerprint density at radius 2 is 1.86 bits per heavy atom. The molecule has 0 atom stereocenters. The topological polar surface area (TPSA) is 26.3 Å². The lowest BCUT2D eigenvalue weighted by atomic mass is 9.88. The van der Waals surface area contributed by atoms with Crippen LogP contribution in [0, 0.1) is 0 Å². The van der Waals surface area contributed by atoms with E-state index in [-0.39, 0.29) is 12.0 Å². The molecule has 0 aromatic heterocycles. The van der Waals surface area contributed by atoms with Gasteiger partial charge < -0.3 is 4.74 Å². The first-order chi connectivity index (χ1) is 10.1. The van der Waals surface area contributed by atoms with Gasteiger partial charge in [-0.3, -0.25) is 4.79 Å². The highest BCUT2D eigenvalue weighted by Crippen LogP contribution is 2.34. The van der Waals surface area contributed by atoms with Crippen LogP contribution in [-0.2, 0) is 13.0 Å². The Bertz CT molecular complexity index is 666. The summed E-state index contributed by atoms with van der Waals surface area (Å²) >= 11 is 0. The van der Waals surface area contributed by atoms with Gasteiger partial charge in [0, 0.05) is 12.0 Å².